The zero-order valence-electron chi connectivity index (χ0n) is 17.9. The number of hydrogen-bond donors (Lipinski definition) is 0. The summed E-state index contributed by atoms with van der Waals surface area (Å²) in [5.74, 6) is -2.24. The fourth-order valence-electron chi connectivity index (χ4n) is 3.97. The van der Waals surface area contributed by atoms with E-state index in [-0.39, 0.29) is 17.8 Å². The number of aryl methyl sites for hydroxylation is 1. The second-order valence-electron chi connectivity index (χ2n) is 8.00. The summed E-state index contributed by atoms with van der Waals surface area (Å²) in [4.78, 5) is 0. The van der Waals surface area contributed by atoms with Gasteiger partial charge >= 0.3 is 0 Å². The molecule has 0 spiro atoms. The van der Waals surface area contributed by atoms with E-state index < -0.39 is 17.5 Å². The normalized spacial score (nSPS) is 19.2. The average Bonchev–Trinajstić information content (AvgIpc) is 2.75. The van der Waals surface area contributed by atoms with Gasteiger partial charge in [0.05, 0.1) is 6.61 Å². The molecular formula is C25H31F3O2. The minimum absolute atomic E-state index is 0.0666. The monoisotopic (exact) mass is 420 g/mol. The van der Waals surface area contributed by atoms with Crippen molar-refractivity contribution in [2.24, 2.45) is 0 Å². The van der Waals surface area contributed by atoms with Crippen LogP contribution >= 0.6 is 0 Å². The summed E-state index contributed by atoms with van der Waals surface area (Å²) < 4.78 is 55.1. The molecule has 3 rings (SSSR count). The molecule has 0 bridgehead atoms. The molecule has 0 saturated carbocycles. The summed E-state index contributed by atoms with van der Waals surface area (Å²) >= 11 is 0. The van der Waals surface area contributed by atoms with Gasteiger partial charge in [-0.1, -0.05) is 57.4 Å². The molecule has 1 aliphatic heterocycles. The van der Waals surface area contributed by atoms with Crippen molar-refractivity contribution in [2.45, 2.75) is 71.0 Å². The number of halogens is 3. The van der Waals surface area contributed by atoms with Crippen LogP contribution in [0.25, 0.3) is 11.1 Å². The summed E-state index contributed by atoms with van der Waals surface area (Å²) in [6.07, 6.45) is 5.77. The Bertz CT molecular complexity index is 829. The highest BCUT2D eigenvalue weighted by atomic mass is 19.2. The summed E-state index contributed by atoms with van der Waals surface area (Å²) in [5, 5.41) is 0. The first-order chi connectivity index (χ1) is 14.5. The van der Waals surface area contributed by atoms with Gasteiger partial charge in [0.2, 0.25) is 0 Å². The van der Waals surface area contributed by atoms with Gasteiger partial charge in [-0.25, -0.2) is 13.2 Å². The van der Waals surface area contributed by atoms with Crippen molar-refractivity contribution >= 4 is 0 Å². The van der Waals surface area contributed by atoms with Crippen LogP contribution in [0.3, 0.4) is 0 Å². The largest absolute Gasteiger partial charge is 0.353 e. The third-order valence-corrected chi connectivity index (χ3v) is 5.72. The van der Waals surface area contributed by atoms with E-state index in [1.54, 1.807) is 18.2 Å². The lowest BCUT2D eigenvalue weighted by Crippen LogP contribution is -2.27. The Kier molecular flexibility index (Phi) is 8.34. The van der Waals surface area contributed by atoms with Crippen LogP contribution in [0.2, 0.25) is 0 Å². The zero-order valence-corrected chi connectivity index (χ0v) is 17.9. The Hall–Kier alpha value is -1.85. The van der Waals surface area contributed by atoms with Gasteiger partial charge in [0.1, 0.15) is 5.82 Å². The van der Waals surface area contributed by atoms with Gasteiger partial charge in [0.15, 0.2) is 17.9 Å². The summed E-state index contributed by atoms with van der Waals surface area (Å²) in [6.45, 7) is 5.14. The van der Waals surface area contributed by atoms with Crippen LogP contribution in [0.5, 0.6) is 0 Å². The Morgan fingerprint density at radius 2 is 1.80 bits per heavy atom. The molecule has 2 unspecified atom stereocenters. The summed E-state index contributed by atoms with van der Waals surface area (Å²) in [5.41, 5.74) is 1.32. The van der Waals surface area contributed by atoms with Crippen molar-refractivity contribution < 1.29 is 22.6 Å². The quantitative estimate of drug-likeness (QED) is 0.401. The maximum absolute atomic E-state index is 14.8. The van der Waals surface area contributed by atoms with Crippen molar-refractivity contribution in [3.8, 4) is 11.1 Å². The van der Waals surface area contributed by atoms with E-state index in [0.717, 1.165) is 38.5 Å². The van der Waals surface area contributed by atoms with Crippen molar-refractivity contribution in [3.63, 3.8) is 0 Å². The molecule has 2 atom stereocenters. The van der Waals surface area contributed by atoms with Gasteiger partial charge in [-0.2, -0.15) is 0 Å². The van der Waals surface area contributed by atoms with Gasteiger partial charge in [-0.05, 0) is 48.4 Å². The van der Waals surface area contributed by atoms with E-state index in [1.165, 1.54) is 12.1 Å². The molecule has 1 heterocycles. The summed E-state index contributed by atoms with van der Waals surface area (Å²) in [6, 6.07) is 7.72. The van der Waals surface area contributed by atoms with Gasteiger partial charge < -0.3 is 9.47 Å². The standard InChI is InChI=1S/C25H31F3O2/c1-3-5-6-14-29-23-13-10-19(16-30-23)20-11-9-18(15-22(20)26)21-12-8-17(7-4-2)24(27)25(21)28/h8-9,11-12,15,19,23H,3-7,10,13-14,16H2,1-2H3. The van der Waals surface area contributed by atoms with Crippen molar-refractivity contribution in [3.05, 3.63) is 58.9 Å². The van der Waals surface area contributed by atoms with E-state index >= 15 is 0 Å². The van der Waals surface area contributed by atoms with Crippen LogP contribution in [0.4, 0.5) is 13.2 Å². The van der Waals surface area contributed by atoms with Gasteiger partial charge in [-0.15, -0.1) is 0 Å². The van der Waals surface area contributed by atoms with Crippen molar-refractivity contribution in [1.29, 1.82) is 0 Å². The van der Waals surface area contributed by atoms with E-state index in [9.17, 15) is 13.2 Å². The number of unbranched alkanes of at least 4 members (excludes halogenated alkanes) is 2. The molecule has 5 heteroatoms. The van der Waals surface area contributed by atoms with Crippen LogP contribution in [0, 0.1) is 17.5 Å². The Labute approximate surface area is 177 Å². The second kappa shape index (κ2) is 11.0. The minimum Gasteiger partial charge on any atom is -0.353 e. The van der Waals surface area contributed by atoms with Crippen LogP contribution in [0.15, 0.2) is 30.3 Å². The molecule has 164 valence electrons. The fourth-order valence-corrected chi connectivity index (χ4v) is 3.97. The lowest BCUT2D eigenvalue weighted by molar-refractivity contribution is -0.167. The predicted molar refractivity (Wildman–Crippen MR) is 113 cm³/mol. The molecular weight excluding hydrogens is 389 g/mol. The molecule has 0 aromatic heterocycles. The first kappa shape index (κ1) is 22.8. The third kappa shape index (κ3) is 5.44. The summed E-state index contributed by atoms with van der Waals surface area (Å²) in [7, 11) is 0. The highest BCUT2D eigenvalue weighted by Crippen LogP contribution is 2.34. The number of benzene rings is 2. The molecule has 30 heavy (non-hydrogen) atoms. The molecule has 1 fully saturated rings. The van der Waals surface area contributed by atoms with Crippen molar-refractivity contribution in [2.75, 3.05) is 13.2 Å². The average molecular weight is 421 g/mol. The number of hydrogen-bond acceptors (Lipinski definition) is 2. The Morgan fingerprint density at radius 3 is 2.47 bits per heavy atom. The fraction of sp³-hybridized carbons (Fsp3) is 0.520. The Morgan fingerprint density at radius 1 is 0.967 bits per heavy atom. The predicted octanol–water partition coefficient (Wildman–Crippen LogP) is 7.15. The molecule has 2 nitrogen and oxygen atoms in total. The highest BCUT2D eigenvalue weighted by molar-refractivity contribution is 5.65. The number of ether oxygens (including phenoxy) is 2. The molecule has 0 aliphatic carbocycles. The lowest BCUT2D eigenvalue weighted by atomic mass is 9.90. The van der Waals surface area contributed by atoms with Gasteiger partial charge in [0.25, 0.3) is 0 Å². The van der Waals surface area contributed by atoms with E-state index in [0.29, 0.717) is 36.3 Å². The molecule has 1 saturated heterocycles. The molecule has 2 aromatic rings. The van der Waals surface area contributed by atoms with E-state index in [4.69, 9.17) is 9.47 Å². The maximum atomic E-state index is 14.8. The van der Waals surface area contributed by atoms with Crippen LogP contribution in [-0.4, -0.2) is 19.5 Å². The van der Waals surface area contributed by atoms with Crippen LogP contribution < -0.4 is 0 Å². The van der Waals surface area contributed by atoms with Crippen LogP contribution in [0.1, 0.15) is 69.4 Å². The highest BCUT2D eigenvalue weighted by Gasteiger charge is 2.26. The third-order valence-electron chi connectivity index (χ3n) is 5.72. The maximum Gasteiger partial charge on any atom is 0.166 e. The molecule has 1 aliphatic rings. The zero-order chi connectivity index (χ0) is 21.5. The molecule has 0 radical (unpaired) electrons. The first-order valence-corrected chi connectivity index (χ1v) is 11.0. The number of rotatable bonds is 9. The second-order valence-corrected chi connectivity index (χ2v) is 8.00. The van der Waals surface area contributed by atoms with E-state index in [1.807, 2.05) is 6.92 Å². The molecule has 0 N–H and O–H groups in total. The van der Waals surface area contributed by atoms with Crippen LogP contribution in [-0.2, 0) is 15.9 Å². The first-order valence-electron chi connectivity index (χ1n) is 11.0. The molecule has 2 aromatic carbocycles. The SMILES string of the molecule is CCCCCOC1CCC(c2ccc(-c3ccc(CCC)c(F)c3F)cc2F)CO1. The smallest absolute Gasteiger partial charge is 0.166 e. The van der Waals surface area contributed by atoms with Crippen molar-refractivity contribution in [1.82, 2.24) is 0 Å². The lowest BCUT2D eigenvalue weighted by Gasteiger charge is -2.29. The van der Waals surface area contributed by atoms with Gasteiger partial charge in [0, 0.05) is 18.1 Å². The molecule has 0 amide bonds. The van der Waals surface area contributed by atoms with Gasteiger partial charge in [-0.3, -0.25) is 0 Å². The van der Waals surface area contributed by atoms with E-state index in [2.05, 4.69) is 6.92 Å². The minimum atomic E-state index is -0.919. The Balaban J connectivity index is 1.66. The topological polar surface area (TPSA) is 18.5 Å².